The fourth-order valence-electron chi connectivity index (χ4n) is 0.547. The molecule has 0 aliphatic carbocycles. The van der Waals surface area contributed by atoms with E-state index >= 15 is 0 Å². The number of aromatic nitrogens is 2. The van der Waals surface area contributed by atoms with E-state index in [0.29, 0.717) is 18.9 Å². The van der Waals surface area contributed by atoms with Crippen LogP contribution in [0.3, 0.4) is 0 Å². The molecule has 11 heavy (non-hydrogen) atoms. The minimum Gasteiger partial charge on any atom is -0.465 e. The lowest BCUT2D eigenvalue weighted by Gasteiger charge is -1.84. The number of methoxy groups -OCH3 is 1. The van der Waals surface area contributed by atoms with Gasteiger partial charge in [-0.1, -0.05) is 0 Å². The molecular weight excluding hydrogens is 170 g/mol. The monoisotopic (exact) mass is 179 g/mol. The molecule has 0 saturated heterocycles. The second-order valence-electron chi connectivity index (χ2n) is 1.71. The van der Waals surface area contributed by atoms with Gasteiger partial charge in [0, 0.05) is 13.0 Å². The van der Waals surface area contributed by atoms with Crippen molar-refractivity contribution in [1.82, 2.24) is 10.1 Å². The highest BCUT2D eigenvalue weighted by Gasteiger charge is 2.02. The largest absolute Gasteiger partial charge is 0.465 e. The molecular formula is C5H10ClN3O2. The minimum absolute atomic E-state index is 0. The highest BCUT2D eigenvalue weighted by molar-refractivity contribution is 5.85. The van der Waals surface area contributed by atoms with E-state index in [1.54, 1.807) is 0 Å². The van der Waals surface area contributed by atoms with Gasteiger partial charge in [-0.25, -0.2) is 0 Å². The van der Waals surface area contributed by atoms with Gasteiger partial charge in [0.15, 0.2) is 0 Å². The fraction of sp³-hybridized carbons (Fsp3) is 0.600. The first-order chi connectivity index (χ1) is 4.86. The lowest BCUT2D eigenvalue weighted by atomic mass is 10.4. The Morgan fingerprint density at radius 3 is 2.82 bits per heavy atom. The molecule has 0 spiro atoms. The predicted molar refractivity (Wildman–Crippen MR) is 40.9 cm³/mol. The number of hydrogen-bond acceptors (Lipinski definition) is 5. The van der Waals surface area contributed by atoms with Crippen LogP contribution < -0.4 is 10.5 Å². The molecule has 0 atom stereocenters. The summed E-state index contributed by atoms with van der Waals surface area (Å²) in [5.41, 5.74) is 5.24. The molecule has 2 N–H and O–H groups in total. The maximum Gasteiger partial charge on any atom is 0.353 e. The zero-order valence-electron chi connectivity index (χ0n) is 6.11. The summed E-state index contributed by atoms with van der Waals surface area (Å²) in [4.78, 5) is 3.84. The van der Waals surface area contributed by atoms with E-state index in [9.17, 15) is 0 Å². The molecule has 0 aliphatic heterocycles. The van der Waals surface area contributed by atoms with Crippen LogP contribution in [0.25, 0.3) is 0 Å². The Bertz CT molecular complexity index is 203. The normalized spacial score (nSPS) is 8.91. The van der Waals surface area contributed by atoms with Gasteiger partial charge in [-0.05, 0) is 5.16 Å². The standard InChI is InChI=1S/C5H9N3O2.ClH/c1-9-5-7-4(2-3-6)10-8-5;/h2-3,6H2,1H3;1H. The van der Waals surface area contributed by atoms with Crippen LogP contribution in [0.5, 0.6) is 6.01 Å². The number of hydrogen-bond donors (Lipinski definition) is 1. The van der Waals surface area contributed by atoms with Crippen molar-refractivity contribution in [2.24, 2.45) is 5.73 Å². The molecule has 0 radical (unpaired) electrons. The lowest BCUT2D eigenvalue weighted by molar-refractivity contribution is 0.326. The van der Waals surface area contributed by atoms with Gasteiger partial charge in [-0.3, -0.25) is 0 Å². The van der Waals surface area contributed by atoms with Crippen LogP contribution in [0.2, 0.25) is 0 Å². The Kier molecular flexibility index (Phi) is 4.56. The predicted octanol–water partition coefficient (Wildman–Crippen LogP) is 0.00120. The molecule has 1 rings (SSSR count). The smallest absolute Gasteiger partial charge is 0.353 e. The number of halogens is 1. The van der Waals surface area contributed by atoms with Crippen LogP contribution in [0.1, 0.15) is 5.89 Å². The summed E-state index contributed by atoms with van der Waals surface area (Å²) in [5.74, 6) is 0.513. The van der Waals surface area contributed by atoms with Crippen molar-refractivity contribution in [2.75, 3.05) is 13.7 Å². The first-order valence-corrected chi connectivity index (χ1v) is 2.93. The second kappa shape index (κ2) is 4.92. The Hall–Kier alpha value is -0.810. The molecule has 0 unspecified atom stereocenters. The molecule has 0 fully saturated rings. The van der Waals surface area contributed by atoms with E-state index in [1.807, 2.05) is 0 Å². The number of nitrogens with zero attached hydrogens (tertiary/aromatic N) is 2. The van der Waals surface area contributed by atoms with Crippen molar-refractivity contribution in [3.8, 4) is 6.01 Å². The van der Waals surface area contributed by atoms with E-state index in [0.717, 1.165) is 0 Å². The average molecular weight is 180 g/mol. The van der Waals surface area contributed by atoms with E-state index in [2.05, 4.69) is 14.9 Å². The van der Waals surface area contributed by atoms with Crippen molar-refractivity contribution < 1.29 is 9.26 Å². The van der Waals surface area contributed by atoms with Crippen molar-refractivity contribution in [3.63, 3.8) is 0 Å². The molecule has 0 aromatic carbocycles. The van der Waals surface area contributed by atoms with Crippen LogP contribution in [0.15, 0.2) is 4.52 Å². The quantitative estimate of drug-likeness (QED) is 0.707. The van der Waals surface area contributed by atoms with Gasteiger partial charge in [-0.15, -0.1) is 12.4 Å². The summed E-state index contributed by atoms with van der Waals surface area (Å²) in [7, 11) is 1.48. The third-order valence-corrected chi connectivity index (χ3v) is 0.990. The van der Waals surface area contributed by atoms with Gasteiger partial charge < -0.3 is 15.0 Å². The van der Waals surface area contributed by atoms with Gasteiger partial charge in [0.2, 0.25) is 5.89 Å². The highest BCUT2D eigenvalue weighted by Crippen LogP contribution is 2.02. The second-order valence-corrected chi connectivity index (χ2v) is 1.71. The van der Waals surface area contributed by atoms with Crippen LogP contribution >= 0.6 is 12.4 Å². The zero-order valence-corrected chi connectivity index (χ0v) is 6.93. The van der Waals surface area contributed by atoms with Crippen molar-refractivity contribution >= 4 is 12.4 Å². The maximum absolute atomic E-state index is 5.24. The van der Waals surface area contributed by atoms with Gasteiger partial charge in [0.05, 0.1) is 7.11 Å². The Morgan fingerprint density at radius 1 is 1.64 bits per heavy atom. The molecule has 64 valence electrons. The van der Waals surface area contributed by atoms with E-state index in [4.69, 9.17) is 10.3 Å². The molecule has 1 aromatic heterocycles. The van der Waals surface area contributed by atoms with Gasteiger partial charge in [0.1, 0.15) is 0 Å². The summed E-state index contributed by atoms with van der Waals surface area (Å²) in [6.07, 6.45) is 0.594. The van der Waals surface area contributed by atoms with E-state index < -0.39 is 0 Å². The van der Waals surface area contributed by atoms with Crippen molar-refractivity contribution in [3.05, 3.63) is 5.89 Å². The molecule has 6 heteroatoms. The topological polar surface area (TPSA) is 74.2 Å². The molecule has 0 aliphatic rings. The summed E-state index contributed by atoms with van der Waals surface area (Å²) >= 11 is 0. The first-order valence-electron chi connectivity index (χ1n) is 2.93. The van der Waals surface area contributed by atoms with Gasteiger partial charge in [-0.2, -0.15) is 4.98 Å². The Labute approximate surface area is 70.3 Å². The van der Waals surface area contributed by atoms with Gasteiger partial charge in [0.25, 0.3) is 0 Å². The number of ether oxygens (including phenoxy) is 1. The summed E-state index contributed by atoms with van der Waals surface area (Å²) in [6, 6.07) is 0.253. The Balaban J connectivity index is 0.000001000. The van der Waals surface area contributed by atoms with Crippen molar-refractivity contribution in [1.29, 1.82) is 0 Å². The summed E-state index contributed by atoms with van der Waals surface area (Å²) < 4.78 is 9.41. The molecule has 1 heterocycles. The highest BCUT2D eigenvalue weighted by atomic mass is 35.5. The molecule has 5 nitrogen and oxygen atoms in total. The van der Waals surface area contributed by atoms with Crippen molar-refractivity contribution in [2.45, 2.75) is 6.42 Å². The minimum atomic E-state index is 0. The van der Waals surface area contributed by atoms with E-state index in [1.165, 1.54) is 7.11 Å². The first kappa shape index (κ1) is 10.2. The van der Waals surface area contributed by atoms with Crippen LogP contribution in [0, 0.1) is 0 Å². The molecule has 0 bridgehead atoms. The Morgan fingerprint density at radius 2 is 2.36 bits per heavy atom. The lowest BCUT2D eigenvalue weighted by Crippen LogP contribution is -2.02. The SMILES string of the molecule is COc1noc(CCN)n1.Cl. The fourth-order valence-corrected chi connectivity index (χ4v) is 0.547. The van der Waals surface area contributed by atoms with Crippen LogP contribution in [-0.4, -0.2) is 23.8 Å². The molecule has 0 saturated carbocycles. The van der Waals surface area contributed by atoms with Crippen LogP contribution in [-0.2, 0) is 6.42 Å². The van der Waals surface area contributed by atoms with Crippen LogP contribution in [0.4, 0.5) is 0 Å². The number of nitrogens with two attached hydrogens (primary N) is 1. The maximum atomic E-state index is 5.24. The van der Waals surface area contributed by atoms with Gasteiger partial charge >= 0.3 is 6.01 Å². The third-order valence-electron chi connectivity index (χ3n) is 0.990. The molecule has 1 aromatic rings. The zero-order chi connectivity index (χ0) is 7.40. The average Bonchev–Trinajstić information content (AvgIpc) is 2.37. The van der Waals surface area contributed by atoms with E-state index in [-0.39, 0.29) is 18.4 Å². The molecule has 0 amide bonds. The summed E-state index contributed by atoms with van der Waals surface area (Å²) in [6.45, 7) is 0.505. The number of rotatable bonds is 3. The third kappa shape index (κ3) is 2.73. The summed E-state index contributed by atoms with van der Waals surface area (Å²) in [5, 5.41) is 3.49.